The van der Waals surface area contributed by atoms with E-state index in [4.69, 9.17) is 0 Å². The van der Waals surface area contributed by atoms with Crippen molar-refractivity contribution in [3.63, 3.8) is 0 Å². The van der Waals surface area contributed by atoms with Crippen LogP contribution >= 0.6 is 0 Å². The van der Waals surface area contributed by atoms with Gasteiger partial charge < -0.3 is 5.32 Å². The quantitative estimate of drug-likeness (QED) is 0.577. The van der Waals surface area contributed by atoms with E-state index < -0.39 is 0 Å². The molecular formula is C22H19N5O. The molecule has 0 radical (unpaired) electrons. The third-order valence-electron chi connectivity index (χ3n) is 4.41. The van der Waals surface area contributed by atoms with Crippen molar-refractivity contribution in [2.45, 2.75) is 13.5 Å². The van der Waals surface area contributed by atoms with E-state index in [1.807, 2.05) is 67.6 Å². The van der Waals surface area contributed by atoms with Crippen LogP contribution in [0.3, 0.4) is 0 Å². The maximum Gasteiger partial charge on any atom is 0.281 e. The van der Waals surface area contributed by atoms with Gasteiger partial charge in [-0.2, -0.15) is 9.67 Å². The van der Waals surface area contributed by atoms with E-state index in [0.29, 0.717) is 23.9 Å². The lowest BCUT2D eigenvalue weighted by atomic mass is 10.1. The molecule has 2 aromatic carbocycles. The number of rotatable bonds is 5. The zero-order valence-corrected chi connectivity index (χ0v) is 15.4. The van der Waals surface area contributed by atoms with E-state index in [9.17, 15) is 4.79 Å². The summed E-state index contributed by atoms with van der Waals surface area (Å²) < 4.78 is 1.33. The van der Waals surface area contributed by atoms with Crippen molar-refractivity contribution in [3.8, 4) is 11.4 Å². The van der Waals surface area contributed by atoms with Crippen molar-refractivity contribution in [3.05, 3.63) is 95.8 Å². The van der Waals surface area contributed by atoms with E-state index >= 15 is 0 Å². The molecule has 6 nitrogen and oxygen atoms in total. The Hall–Kier alpha value is -3.80. The number of hydrogen-bond donors (Lipinski definition) is 1. The molecule has 0 fully saturated rings. The van der Waals surface area contributed by atoms with Crippen LogP contribution in [0.15, 0.2) is 79.1 Å². The lowest BCUT2D eigenvalue weighted by Crippen LogP contribution is -2.18. The summed E-state index contributed by atoms with van der Waals surface area (Å²) in [6.45, 7) is 2.45. The van der Waals surface area contributed by atoms with E-state index in [1.165, 1.54) is 4.68 Å². The van der Waals surface area contributed by atoms with Crippen LogP contribution in [0, 0.1) is 6.92 Å². The largest absolute Gasteiger partial charge is 0.350 e. The topological polar surface area (TPSA) is 72.7 Å². The molecule has 28 heavy (non-hydrogen) atoms. The number of aromatic nitrogens is 4. The van der Waals surface area contributed by atoms with Crippen LogP contribution in [0.5, 0.6) is 0 Å². The van der Waals surface area contributed by atoms with E-state index in [0.717, 1.165) is 16.7 Å². The van der Waals surface area contributed by atoms with Crippen LogP contribution in [0.4, 0.5) is 5.95 Å². The monoisotopic (exact) mass is 369 g/mol. The molecule has 0 bridgehead atoms. The molecule has 1 N–H and O–H groups in total. The molecule has 2 heterocycles. The number of carbonyl (C=O) groups excluding carboxylic acids is 1. The van der Waals surface area contributed by atoms with Crippen LogP contribution in [-0.2, 0) is 6.54 Å². The lowest BCUT2D eigenvalue weighted by Gasteiger charge is -2.08. The van der Waals surface area contributed by atoms with Gasteiger partial charge in [0, 0.05) is 30.1 Å². The highest BCUT2D eigenvalue weighted by Gasteiger charge is 2.19. The first-order chi connectivity index (χ1) is 13.7. The number of benzene rings is 2. The SMILES string of the molecule is Cc1ccccc1C(=O)n1nc(-c2ccncc2)nc1NCc1ccccc1. The summed E-state index contributed by atoms with van der Waals surface area (Å²) in [4.78, 5) is 21.7. The van der Waals surface area contributed by atoms with E-state index in [-0.39, 0.29) is 5.91 Å². The summed E-state index contributed by atoms with van der Waals surface area (Å²) in [7, 11) is 0. The van der Waals surface area contributed by atoms with Crippen molar-refractivity contribution in [1.29, 1.82) is 0 Å². The third kappa shape index (κ3) is 3.66. The zero-order valence-electron chi connectivity index (χ0n) is 15.4. The highest BCUT2D eigenvalue weighted by molar-refractivity contribution is 5.98. The Morgan fingerprint density at radius 3 is 2.43 bits per heavy atom. The second kappa shape index (κ2) is 7.84. The molecule has 0 aliphatic carbocycles. The Morgan fingerprint density at radius 2 is 1.68 bits per heavy atom. The van der Waals surface area contributed by atoms with Gasteiger partial charge in [0.2, 0.25) is 5.95 Å². The normalized spacial score (nSPS) is 10.6. The molecule has 4 rings (SSSR count). The average Bonchev–Trinajstić information content (AvgIpc) is 3.18. The maximum atomic E-state index is 13.2. The Kier molecular flexibility index (Phi) is 4.93. The van der Waals surface area contributed by atoms with Gasteiger partial charge in [0.05, 0.1) is 0 Å². The standard InChI is InChI=1S/C22H19N5O/c1-16-7-5-6-10-19(16)21(28)27-22(24-15-17-8-3-2-4-9-17)25-20(26-27)18-11-13-23-14-12-18/h2-14H,15H2,1H3,(H,24,25,26). The molecule has 0 atom stereocenters. The van der Waals surface area contributed by atoms with Gasteiger partial charge in [-0.05, 0) is 36.2 Å². The van der Waals surface area contributed by atoms with Crippen molar-refractivity contribution in [2.75, 3.05) is 5.32 Å². The molecule has 4 aromatic rings. The first kappa shape index (κ1) is 17.6. The molecule has 0 aliphatic rings. The minimum absolute atomic E-state index is 0.221. The highest BCUT2D eigenvalue weighted by Crippen LogP contribution is 2.19. The summed E-state index contributed by atoms with van der Waals surface area (Å²) in [6, 6.07) is 21.0. The zero-order chi connectivity index (χ0) is 19.3. The smallest absolute Gasteiger partial charge is 0.281 e. The predicted octanol–water partition coefficient (Wildman–Crippen LogP) is 3.95. The molecule has 0 spiro atoms. The number of hydrogen-bond acceptors (Lipinski definition) is 5. The number of nitrogens with one attached hydrogen (secondary N) is 1. The summed E-state index contributed by atoms with van der Waals surface area (Å²) in [5.41, 5.74) is 3.37. The molecule has 0 saturated heterocycles. The number of carbonyl (C=O) groups is 1. The van der Waals surface area contributed by atoms with Gasteiger partial charge in [0.25, 0.3) is 5.91 Å². The summed E-state index contributed by atoms with van der Waals surface area (Å²) in [5.74, 6) is 0.658. The Labute approximate surface area is 162 Å². The minimum Gasteiger partial charge on any atom is -0.350 e. The van der Waals surface area contributed by atoms with Gasteiger partial charge in [0.15, 0.2) is 5.82 Å². The summed E-state index contributed by atoms with van der Waals surface area (Å²) >= 11 is 0. The fourth-order valence-corrected chi connectivity index (χ4v) is 2.90. The molecule has 138 valence electrons. The molecule has 0 aliphatic heterocycles. The summed E-state index contributed by atoms with van der Waals surface area (Å²) in [6.07, 6.45) is 3.35. The molecule has 0 saturated carbocycles. The number of pyridine rings is 1. The average molecular weight is 369 g/mol. The first-order valence-electron chi connectivity index (χ1n) is 8.98. The van der Waals surface area contributed by atoms with Gasteiger partial charge in [-0.3, -0.25) is 9.78 Å². The maximum absolute atomic E-state index is 13.2. The highest BCUT2D eigenvalue weighted by atomic mass is 16.2. The first-order valence-corrected chi connectivity index (χ1v) is 8.98. The van der Waals surface area contributed by atoms with Crippen LogP contribution < -0.4 is 5.32 Å². The van der Waals surface area contributed by atoms with Crippen molar-refractivity contribution >= 4 is 11.9 Å². The van der Waals surface area contributed by atoms with Gasteiger partial charge in [-0.25, -0.2) is 0 Å². The fourth-order valence-electron chi connectivity index (χ4n) is 2.90. The Morgan fingerprint density at radius 1 is 0.964 bits per heavy atom. The van der Waals surface area contributed by atoms with E-state index in [2.05, 4.69) is 20.4 Å². The minimum atomic E-state index is -0.221. The molecule has 0 unspecified atom stereocenters. The van der Waals surface area contributed by atoms with Gasteiger partial charge in [-0.15, -0.1) is 5.10 Å². The van der Waals surface area contributed by atoms with Crippen molar-refractivity contribution < 1.29 is 4.79 Å². The van der Waals surface area contributed by atoms with E-state index in [1.54, 1.807) is 18.5 Å². The van der Waals surface area contributed by atoms with Crippen LogP contribution in [0.1, 0.15) is 21.5 Å². The van der Waals surface area contributed by atoms with Crippen LogP contribution in [-0.4, -0.2) is 25.7 Å². The Bertz CT molecular complexity index is 1090. The number of anilines is 1. The predicted molar refractivity (Wildman–Crippen MR) is 108 cm³/mol. The van der Waals surface area contributed by atoms with Crippen LogP contribution in [0.25, 0.3) is 11.4 Å². The van der Waals surface area contributed by atoms with Gasteiger partial charge in [-0.1, -0.05) is 48.5 Å². The number of aryl methyl sites for hydroxylation is 1. The third-order valence-corrected chi connectivity index (χ3v) is 4.41. The molecule has 6 heteroatoms. The Balaban J connectivity index is 1.71. The second-order valence-electron chi connectivity index (χ2n) is 6.37. The molecule has 2 aromatic heterocycles. The number of nitrogens with zero attached hydrogens (tertiary/aromatic N) is 4. The fraction of sp³-hybridized carbons (Fsp3) is 0.0909. The van der Waals surface area contributed by atoms with Crippen molar-refractivity contribution in [1.82, 2.24) is 19.7 Å². The second-order valence-corrected chi connectivity index (χ2v) is 6.37. The van der Waals surface area contributed by atoms with Gasteiger partial charge in [0.1, 0.15) is 0 Å². The molecular weight excluding hydrogens is 350 g/mol. The molecule has 0 amide bonds. The van der Waals surface area contributed by atoms with Crippen molar-refractivity contribution in [2.24, 2.45) is 0 Å². The summed E-state index contributed by atoms with van der Waals surface area (Å²) in [5, 5.41) is 7.72. The lowest BCUT2D eigenvalue weighted by molar-refractivity contribution is 0.0947. The van der Waals surface area contributed by atoms with Crippen LogP contribution in [0.2, 0.25) is 0 Å². The van der Waals surface area contributed by atoms with Gasteiger partial charge >= 0.3 is 0 Å².